The molecule has 2 rings (SSSR count). The van der Waals surface area contributed by atoms with E-state index in [0.717, 1.165) is 12.3 Å². The lowest BCUT2D eigenvalue weighted by Crippen LogP contribution is -1.94. The molecule has 88 valence electrons. The van der Waals surface area contributed by atoms with Crippen LogP contribution in [-0.4, -0.2) is 4.98 Å². The molecular formula is C16H19N. The van der Waals surface area contributed by atoms with E-state index in [1.807, 2.05) is 18.5 Å². The van der Waals surface area contributed by atoms with E-state index in [-0.39, 0.29) is 0 Å². The molecule has 1 heteroatoms. The highest BCUT2D eigenvalue weighted by molar-refractivity contribution is 5.66. The summed E-state index contributed by atoms with van der Waals surface area (Å²) in [6, 6.07) is 12.8. The molecule has 0 amide bonds. The Morgan fingerprint density at radius 2 is 1.88 bits per heavy atom. The van der Waals surface area contributed by atoms with Gasteiger partial charge in [0.15, 0.2) is 0 Å². The Morgan fingerprint density at radius 3 is 2.59 bits per heavy atom. The first-order valence-corrected chi connectivity index (χ1v) is 6.25. The van der Waals surface area contributed by atoms with E-state index in [2.05, 4.69) is 49.2 Å². The van der Waals surface area contributed by atoms with Gasteiger partial charge < -0.3 is 0 Å². The van der Waals surface area contributed by atoms with Crippen molar-refractivity contribution in [2.45, 2.75) is 26.7 Å². The van der Waals surface area contributed by atoms with Crippen molar-refractivity contribution in [1.29, 1.82) is 0 Å². The van der Waals surface area contributed by atoms with Crippen LogP contribution in [0.15, 0.2) is 48.8 Å². The fraction of sp³-hybridized carbons (Fsp3) is 0.312. The van der Waals surface area contributed by atoms with Crippen molar-refractivity contribution in [2.75, 3.05) is 0 Å². The molecular weight excluding hydrogens is 206 g/mol. The number of rotatable bonds is 4. The van der Waals surface area contributed by atoms with Gasteiger partial charge in [-0.3, -0.25) is 4.98 Å². The molecule has 1 nitrogen and oxygen atoms in total. The highest BCUT2D eigenvalue weighted by atomic mass is 14.6. The first kappa shape index (κ1) is 11.8. The maximum Gasteiger partial charge on any atom is 0.0346 e. The van der Waals surface area contributed by atoms with Crippen molar-refractivity contribution in [3.05, 3.63) is 54.4 Å². The Kier molecular flexibility index (Phi) is 3.92. The molecule has 0 radical (unpaired) electrons. The number of aryl methyl sites for hydroxylation is 1. The standard InChI is InChI=1S/C16H19N/c1-13(2)9-10-14-6-3-4-8-16(14)15-7-5-11-17-12-15/h3-8,11-13H,9-10H2,1-2H3. The molecule has 0 aliphatic carbocycles. The minimum atomic E-state index is 0.747. The summed E-state index contributed by atoms with van der Waals surface area (Å²) in [5, 5.41) is 0. The van der Waals surface area contributed by atoms with Crippen LogP contribution in [0.3, 0.4) is 0 Å². The summed E-state index contributed by atoms with van der Waals surface area (Å²) >= 11 is 0. The summed E-state index contributed by atoms with van der Waals surface area (Å²) in [6.45, 7) is 4.54. The molecule has 0 fully saturated rings. The summed E-state index contributed by atoms with van der Waals surface area (Å²) < 4.78 is 0. The molecule has 0 spiro atoms. The van der Waals surface area contributed by atoms with Crippen LogP contribution >= 0.6 is 0 Å². The lowest BCUT2D eigenvalue weighted by atomic mass is 9.95. The molecule has 0 unspecified atom stereocenters. The highest BCUT2D eigenvalue weighted by Crippen LogP contribution is 2.24. The number of pyridine rings is 1. The smallest absolute Gasteiger partial charge is 0.0346 e. The third-order valence-corrected chi connectivity index (χ3v) is 2.98. The van der Waals surface area contributed by atoms with Gasteiger partial charge in [0.1, 0.15) is 0 Å². The van der Waals surface area contributed by atoms with E-state index >= 15 is 0 Å². The number of hydrogen-bond acceptors (Lipinski definition) is 1. The molecule has 0 saturated carbocycles. The first-order valence-electron chi connectivity index (χ1n) is 6.25. The summed E-state index contributed by atoms with van der Waals surface area (Å²) in [5.74, 6) is 0.747. The molecule has 0 aliphatic heterocycles. The van der Waals surface area contributed by atoms with Crippen molar-refractivity contribution in [3.63, 3.8) is 0 Å². The average Bonchev–Trinajstić information content (AvgIpc) is 2.38. The molecule has 1 aromatic heterocycles. The second-order valence-electron chi connectivity index (χ2n) is 4.83. The molecule has 0 bridgehead atoms. The van der Waals surface area contributed by atoms with Crippen LogP contribution in [0.25, 0.3) is 11.1 Å². The number of hydrogen-bond donors (Lipinski definition) is 0. The largest absolute Gasteiger partial charge is 0.264 e. The molecule has 0 saturated heterocycles. The second kappa shape index (κ2) is 5.62. The van der Waals surface area contributed by atoms with Crippen LogP contribution in [0.1, 0.15) is 25.8 Å². The van der Waals surface area contributed by atoms with Crippen molar-refractivity contribution in [2.24, 2.45) is 5.92 Å². The van der Waals surface area contributed by atoms with Crippen LogP contribution in [-0.2, 0) is 6.42 Å². The van der Waals surface area contributed by atoms with Crippen LogP contribution < -0.4 is 0 Å². The zero-order valence-electron chi connectivity index (χ0n) is 10.6. The normalized spacial score (nSPS) is 10.8. The molecule has 1 aromatic carbocycles. The van der Waals surface area contributed by atoms with Crippen molar-refractivity contribution in [3.8, 4) is 11.1 Å². The van der Waals surface area contributed by atoms with Crippen LogP contribution in [0, 0.1) is 5.92 Å². The van der Waals surface area contributed by atoms with Gasteiger partial charge in [-0.2, -0.15) is 0 Å². The molecule has 1 heterocycles. The summed E-state index contributed by atoms with van der Waals surface area (Å²) in [7, 11) is 0. The van der Waals surface area contributed by atoms with Gasteiger partial charge in [-0.25, -0.2) is 0 Å². The third kappa shape index (κ3) is 3.16. The Hall–Kier alpha value is -1.63. The lowest BCUT2D eigenvalue weighted by molar-refractivity contribution is 0.587. The molecule has 0 aliphatic rings. The lowest BCUT2D eigenvalue weighted by Gasteiger charge is -2.10. The number of nitrogens with zero attached hydrogens (tertiary/aromatic N) is 1. The number of aromatic nitrogens is 1. The monoisotopic (exact) mass is 225 g/mol. The first-order chi connectivity index (χ1) is 8.27. The summed E-state index contributed by atoms with van der Waals surface area (Å²) in [4.78, 5) is 4.20. The van der Waals surface area contributed by atoms with Gasteiger partial charge in [0.25, 0.3) is 0 Å². The quantitative estimate of drug-likeness (QED) is 0.754. The average molecular weight is 225 g/mol. The topological polar surface area (TPSA) is 12.9 Å². The maximum absolute atomic E-state index is 4.20. The van der Waals surface area contributed by atoms with Crippen molar-refractivity contribution in [1.82, 2.24) is 4.98 Å². The molecule has 17 heavy (non-hydrogen) atoms. The SMILES string of the molecule is CC(C)CCc1ccccc1-c1cccnc1. The van der Waals surface area contributed by atoms with Gasteiger partial charge >= 0.3 is 0 Å². The minimum Gasteiger partial charge on any atom is -0.264 e. The van der Waals surface area contributed by atoms with Crippen molar-refractivity contribution >= 4 is 0 Å². The predicted molar refractivity (Wildman–Crippen MR) is 72.8 cm³/mol. The summed E-state index contributed by atoms with van der Waals surface area (Å²) in [5.41, 5.74) is 3.96. The Bertz CT molecular complexity index is 460. The molecule has 0 N–H and O–H groups in total. The minimum absolute atomic E-state index is 0.747. The summed E-state index contributed by atoms with van der Waals surface area (Å²) in [6.07, 6.45) is 6.13. The highest BCUT2D eigenvalue weighted by Gasteiger charge is 2.05. The van der Waals surface area contributed by atoms with Gasteiger partial charge in [0.2, 0.25) is 0 Å². The Labute approximate surface area is 104 Å². The van der Waals surface area contributed by atoms with E-state index in [1.54, 1.807) is 0 Å². The van der Waals surface area contributed by atoms with E-state index in [1.165, 1.54) is 23.1 Å². The molecule has 2 aromatic rings. The van der Waals surface area contributed by atoms with Crippen LogP contribution in [0.5, 0.6) is 0 Å². The predicted octanol–water partition coefficient (Wildman–Crippen LogP) is 4.34. The van der Waals surface area contributed by atoms with E-state index in [9.17, 15) is 0 Å². The van der Waals surface area contributed by atoms with Gasteiger partial charge in [0.05, 0.1) is 0 Å². The van der Waals surface area contributed by atoms with Gasteiger partial charge in [-0.15, -0.1) is 0 Å². The van der Waals surface area contributed by atoms with E-state index in [4.69, 9.17) is 0 Å². The fourth-order valence-electron chi connectivity index (χ4n) is 1.99. The second-order valence-corrected chi connectivity index (χ2v) is 4.83. The fourth-order valence-corrected chi connectivity index (χ4v) is 1.99. The van der Waals surface area contributed by atoms with E-state index in [0.29, 0.717) is 0 Å². The van der Waals surface area contributed by atoms with Crippen LogP contribution in [0.2, 0.25) is 0 Å². The molecule has 0 atom stereocenters. The number of benzene rings is 1. The zero-order chi connectivity index (χ0) is 12.1. The zero-order valence-corrected chi connectivity index (χ0v) is 10.6. The van der Waals surface area contributed by atoms with Gasteiger partial charge in [-0.1, -0.05) is 44.2 Å². The third-order valence-electron chi connectivity index (χ3n) is 2.98. The van der Waals surface area contributed by atoms with E-state index < -0.39 is 0 Å². The van der Waals surface area contributed by atoms with Gasteiger partial charge in [0, 0.05) is 18.0 Å². The Balaban J connectivity index is 2.28. The van der Waals surface area contributed by atoms with Gasteiger partial charge in [-0.05, 0) is 36.0 Å². The van der Waals surface area contributed by atoms with Crippen molar-refractivity contribution < 1.29 is 0 Å². The Morgan fingerprint density at radius 1 is 1.06 bits per heavy atom. The maximum atomic E-state index is 4.20. The van der Waals surface area contributed by atoms with Crippen LogP contribution in [0.4, 0.5) is 0 Å².